The number of esters is 1. The number of hydrogen-bond acceptors (Lipinski definition) is 7. The van der Waals surface area contributed by atoms with Crippen molar-refractivity contribution in [2.24, 2.45) is 5.11 Å². The van der Waals surface area contributed by atoms with Crippen LogP contribution in [-0.2, 0) is 14.3 Å². The Morgan fingerprint density at radius 3 is 2.78 bits per heavy atom. The van der Waals surface area contributed by atoms with E-state index in [0.717, 1.165) is 6.08 Å². The summed E-state index contributed by atoms with van der Waals surface area (Å²) in [6, 6.07) is 4.82. The normalized spacial score (nSPS) is 9.83. The molecule has 9 heteroatoms. The van der Waals surface area contributed by atoms with E-state index < -0.39 is 12.1 Å². The van der Waals surface area contributed by atoms with E-state index >= 15 is 0 Å². The van der Waals surface area contributed by atoms with Gasteiger partial charge in [-0.25, -0.2) is 9.59 Å². The molecule has 0 unspecified atom stereocenters. The first kappa shape index (κ1) is 17.9. The fraction of sp³-hybridized carbons (Fsp3) is 0.286. The van der Waals surface area contributed by atoms with Crippen molar-refractivity contribution < 1.29 is 28.5 Å². The standard InChI is InChI=1S/C14H15N3O6/c1-3-21-14(19)23-13(18)7-5-10-4-6-11(12(8-10)20-2)22-9-16-17-15/h4-8H,3,9H2,1-2H3/b7-5+. The molecule has 0 aromatic heterocycles. The minimum Gasteiger partial charge on any atom is -0.493 e. The lowest BCUT2D eigenvalue weighted by molar-refractivity contribution is -0.134. The SMILES string of the molecule is CCOC(=O)OC(=O)/C=C/c1ccc(OCN=[N+]=[N-])c(OC)c1. The van der Waals surface area contributed by atoms with Crippen LogP contribution in [0.3, 0.4) is 0 Å². The van der Waals surface area contributed by atoms with Crippen molar-refractivity contribution in [3.63, 3.8) is 0 Å². The quantitative estimate of drug-likeness (QED) is 0.190. The molecule has 0 fully saturated rings. The summed E-state index contributed by atoms with van der Waals surface area (Å²) < 4.78 is 19.2. The molecule has 0 amide bonds. The van der Waals surface area contributed by atoms with Gasteiger partial charge < -0.3 is 18.9 Å². The van der Waals surface area contributed by atoms with E-state index in [9.17, 15) is 9.59 Å². The molecule has 9 nitrogen and oxygen atoms in total. The highest BCUT2D eigenvalue weighted by atomic mass is 16.7. The smallest absolute Gasteiger partial charge is 0.493 e. The predicted molar refractivity (Wildman–Crippen MR) is 79.8 cm³/mol. The molecule has 0 aliphatic heterocycles. The molecule has 23 heavy (non-hydrogen) atoms. The van der Waals surface area contributed by atoms with Crippen LogP contribution in [0.15, 0.2) is 29.4 Å². The molecule has 1 aromatic carbocycles. The van der Waals surface area contributed by atoms with Gasteiger partial charge in [0.25, 0.3) is 0 Å². The molecule has 0 saturated heterocycles. The molecule has 1 rings (SSSR count). The number of azide groups is 1. The highest BCUT2D eigenvalue weighted by Gasteiger charge is 2.08. The number of carbonyl (C=O) groups excluding carboxylic acids is 2. The predicted octanol–water partition coefficient (Wildman–Crippen LogP) is 3.05. The summed E-state index contributed by atoms with van der Waals surface area (Å²) in [7, 11) is 1.44. The first-order chi connectivity index (χ1) is 11.1. The van der Waals surface area contributed by atoms with E-state index in [1.165, 1.54) is 13.2 Å². The molecule has 122 valence electrons. The van der Waals surface area contributed by atoms with Crippen LogP contribution in [0.1, 0.15) is 12.5 Å². The van der Waals surface area contributed by atoms with E-state index in [0.29, 0.717) is 17.1 Å². The van der Waals surface area contributed by atoms with Crippen LogP contribution in [0.25, 0.3) is 16.5 Å². The Bertz CT molecular complexity index is 637. The third kappa shape index (κ3) is 6.40. The van der Waals surface area contributed by atoms with Crippen molar-refractivity contribution in [3.05, 3.63) is 40.3 Å². The second-order valence-corrected chi connectivity index (χ2v) is 3.85. The number of nitrogens with zero attached hydrogens (tertiary/aromatic N) is 3. The highest BCUT2D eigenvalue weighted by molar-refractivity contribution is 5.93. The number of carbonyl (C=O) groups is 2. The van der Waals surface area contributed by atoms with Crippen molar-refractivity contribution in [2.75, 3.05) is 20.4 Å². The van der Waals surface area contributed by atoms with E-state index in [2.05, 4.69) is 19.5 Å². The molecule has 0 heterocycles. The maximum atomic E-state index is 11.4. The van der Waals surface area contributed by atoms with Gasteiger partial charge >= 0.3 is 12.1 Å². The highest BCUT2D eigenvalue weighted by Crippen LogP contribution is 2.28. The number of methoxy groups -OCH3 is 1. The fourth-order valence-corrected chi connectivity index (χ4v) is 1.46. The van der Waals surface area contributed by atoms with E-state index in [-0.39, 0.29) is 13.3 Å². The monoisotopic (exact) mass is 321 g/mol. The van der Waals surface area contributed by atoms with E-state index in [1.807, 2.05) is 0 Å². The molecule has 0 saturated carbocycles. The second kappa shape index (κ2) is 9.69. The van der Waals surface area contributed by atoms with Crippen LogP contribution < -0.4 is 9.47 Å². The Balaban J connectivity index is 2.73. The second-order valence-electron chi connectivity index (χ2n) is 3.85. The van der Waals surface area contributed by atoms with E-state index in [4.69, 9.17) is 15.0 Å². The largest absolute Gasteiger partial charge is 0.516 e. The summed E-state index contributed by atoms with van der Waals surface area (Å²) >= 11 is 0. The summed E-state index contributed by atoms with van der Waals surface area (Å²) in [6.45, 7) is 1.54. The Morgan fingerprint density at radius 2 is 2.13 bits per heavy atom. The van der Waals surface area contributed by atoms with Crippen LogP contribution in [0, 0.1) is 0 Å². The van der Waals surface area contributed by atoms with Gasteiger partial charge in [0.05, 0.1) is 13.7 Å². The number of ether oxygens (including phenoxy) is 4. The Hall–Kier alpha value is -3.19. The molecule has 0 aliphatic rings. The van der Waals surface area contributed by atoms with Crippen molar-refractivity contribution in [1.82, 2.24) is 0 Å². The molecule has 1 aromatic rings. The summed E-state index contributed by atoms with van der Waals surface area (Å²) in [5.41, 5.74) is 8.80. The Labute approximate surface area is 132 Å². The zero-order valence-corrected chi connectivity index (χ0v) is 12.6. The fourth-order valence-electron chi connectivity index (χ4n) is 1.46. The van der Waals surface area contributed by atoms with Crippen LogP contribution in [0.5, 0.6) is 11.5 Å². The van der Waals surface area contributed by atoms with Gasteiger partial charge in [0.1, 0.15) is 0 Å². The molecule has 0 spiro atoms. The minimum absolute atomic E-state index is 0.115. The first-order valence-electron chi connectivity index (χ1n) is 6.49. The number of hydrogen-bond donors (Lipinski definition) is 0. The van der Waals surface area contributed by atoms with Gasteiger partial charge in [-0.3, -0.25) is 0 Å². The Kier molecular flexibility index (Phi) is 7.53. The van der Waals surface area contributed by atoms with Crippen molar-refractivity contribution in [1.29, 1.82) is 0 Å². The van der Waals surface area contributed by atoms with Gasteiger partial charge in [-0.1, -0.05) is 11.2 Å². The van der Waals surface area contributed by atoms with Gasteiger partial charge in [0, 0.05) is 11.0 Å². The first-order valence-corrected chi connectivity index (χ1v) is 6.49. The van der Waals surface area contributed by atoms with Gasteiger partial charge in [-0.05, 0) is 36.2 Å². The molecule has 0 atom stereocenters. The van der Waals surface area contributed by atoms with Gasteiger partial charge in [-0.15, -0.1) is 0 Å². The third-order valence-electron chi connectivity index (χ3n) is 2.39. The lowest BCUT2D eigenvalue weighted by Gasteiger charge is -2.09. The van der Waals surface area contributed by atoms with Crippen molar-refractivity contribution in [2.45, 2.75) is 6.92 Å². The molecular weight excluding hydrogens is 306 g/mol. The summed E-state index contributed by atoms with van der Waals surface area (Å²) in [5.74, 6) is -0.0868. The molecule has 0 bridgehead atoms. The molecule has 0 radical (unpaired) electrons. The third-order valence-corrected chi connectivity index (χ3v) is 2.39. The lowest BCUT2D eigenvalue weighted by Crippen LogP contribution is -2.11. The summed E-state index contributed by atoms with van der Waals surface area (Å²) in [4.78, 5) is 24.9. The lowest BCUT2D eigenvalue weighted by atomic mass is 10.2. The van der Waals surface area contributed by atoms with Gasteiger partial charge in [-0.2, -0.15) is 0 Å². The molecule has 0 aliphatic carbocycles. The molecule has 0 N–H and O–H groups in total. The summed E-state index contributed by atoms with van der Waals surface area (Å²) in [5, 5.41) is 3.25. The van der Waals surface area contributed by atoms with Crippen LogP contribution in [0.4, 0.5) is 4.79 Å². The van der Waals surface area contributed by atoms with Crippen LogP contribution in [-0.4, -0.2) is 32.6 Å². The molecular formula is C14H15N3O6. The van der Waals surface area contributed by atoms with Gasteiger partial charge in [0.2, 0.25) is 0 Å². The number of benzene rings is 1. The van der Waals surface area contributed by atoms with E-state index in [1.54, 1.807) is 25.1 Å². The number of rotatable bonds is 7. The van der Waals surface area contributed by atoms with Crippen LogP contribution in [0.2, 0.25) is 0 Å². The van der Waals surface area contributed by atoms with Gasteiger partial charge in [0.15, 0.2) is 18.2 Å². The summed E-state index contributed by atoms with van der Waals surface area (Å²) in [6.07, 6.45) is 1.45. The minimum atomic E-state index is -1.05. The topological polar surface area (TPSA) is 120 Å². The maximum absolute atomic E-state index is 11.4. The Morgan fingerprint density at radius 1 is 1.35 bits per heavy atom. The zero-order valence-electron chi connectivity index (χ0n) is 12.6. The zero-order chi connectivity index (χ0) is 17.1. The average Bonchev–Trinajstić information content (AvgIpc) is 2.54. The maximum Gasteiger partial charge on any atom is 0.516 e. The average molecular weight is 321 g/mol. The van der Waals surface area contributed by atoms with Crippen molar-refractivity contribution >= 4 is 18.2 Å². The van der Waals surface area contributed by atoms with Crippen molar-refractivity contribution in [3.8, 4) is 11.5 Å². The van der Waals surface area contributed by atoms with Crippen LogP contribution >= 0.6 is 0 Å².